The summed E-state index contributed by atoms with van der Waals surface area (Å²) in [6.45, 7) is 0. The van der Waals surface area contributed by atoms with Crippen LogP contribution >= 0.6 is 92.8 Å². The fourth-order valence-electron chi connectivity index (χ4n) is 5.74. The van der Waals surface area contributed by atoms with E-state index in [1.165, 1.54) is 0 Å². The van der Waals surface area contributed by atoms with Gasteiger partial charge in [0.2, 0.25) is 0 Å². The van der Waals surface area contributed by atoms with E-state index < -0.39 is 0 Å². The minimum atomic E-state index is 0. The molecule has 17 heteroatoms. The van der Waals surface area contributed by atoms with E-state index in [-0.39, 0.29) is 63.0 Å². The maximum atomic E-state index is 6.74. The predicted octanol–water partition coefficient (Wildman–Crippen LogP) is 11.4. The van der Waals surface area contributed by atoms with Crippen molar-refractivity contribution in [2.45, 2.75) is 0 Å². The van der Waals surface area contributed by atoms with E-state index >= 15 is 0 Å². The van der Waals surface area contributed by atoms with Gasteiger partial charge in [0.05, 0.1) is 63.5 Å². The SMILES string of the molecule is Clc1cc2c3nc4nc(nc5[n-]c(nc6nc(nc([n-]3)c2cc1Cl)-c1c(Cl)ccc(Cl)c1-6)c1cc(Cl)c(Cl)cc51)-c1c(Cl)ccc(Cl)c1-4.[Cu+2]. The first-order valence-corrected chi connectivity index (χ1v) is 16.7. The van der Waals surface area contributed by atoms with Gasteiger partial charge in [-0.2, -0.15) is 0 Å². The van der Waals surface area contributed by atoms with Gasteiger partial charge in [0.15, 0.2) is 0 Å². The summed E-state index contributed by atoms with van der Waals surface area (Å²) in [4.78, 5) is 38.5. The molecule has 0 unspecified atom stereocenters. The molecule has 243 valence electrons. The molecule has 0 fully saturated rings. The number of aromatic nitrogens is 8. The van der Waals surface area contributed by atoms with Crippen molar-refractivity contribution in [3.63, 3.8) is 0 Å². The number of hydrogen-bond donors (Lipinski definition) is 0. The van der Waals surface area contributed by atoms with Crippen molar-refractivity contribution in [1.82, 2.24) is 39.9 Å². The zero-order chi connectivity index (χ0) is 33.2. The standard InChI is InChI=1S/C32H8Cl8N8.Cu/c33-13-1-2-14(34)22-21(13)29-43-25-9-5-17(37)18(38)6-10(9)27(41-25)45-31-23-15(35)3-4-16(36)24(23)32(48-31)46-28-12-8-20(40)19(39)7-11(12)26(42-28)44-30(22)47-29;/h1-8H;/q-2;+2. The largest absolute Gasteiger partial charge is 2.00 e. The Morgan fingerprint density at radius 3 is 0.776 bits per heavy atom. The minimum absolute atomic E-state index is 0. The minimum Gasteiger partial charge on any atom is -0.357 e. The fraction of sp³-hybridized carbons (Fsp3) is 0. The molecule has 0 atom stereocenters. The average Bonchev–Trinajstić information content (AvgIpc) is 3.77. The Bertz CT molecular complexity index is 2430. The number of fused-ring (bicyclic) bond motifs is 20. The second-order valence-electron chi connectivity index (χ2n) is 10.7. The first-order valence-electron chi connectivity index (χ1n) is 13.7. The number of benzene rings is 4. The molecule has 8 nitrogen and oxygen atoms in total. The van der Waals surface area contributed by atoms with Crippen LogP contribution in [0, 0.1) is 0 Å². The van der Waals surface area contributed by atoms with E-state index in [9.17, 15) is 0 Å². The number of hydrogen-bond acceptors (Lipinski definition) is 6. The van der Waals surface area contributed by atoms with Crippen molar-refractivity contribution in [2.24, 2.45) is 0 Å². The Morgan fingerprint density at radius 2 is 0.551 bits per heavy atom. The van der Waals surface area contributed by atoms with Crippen LogP contribution in [0.4, 0.5) is 0 Å². The summed E-state index contributed by atoms with van der Waals surface area (Å²) in [7, 11) is 0. The van der Waals surface area contributed by atoms with Crippen molar-refractivity contribution in [1.29, 1.82) is 0 Å². The maximum Gasteiger partial charge on any atom is 2.00 e. The second-order valence-corrected chi connectivity index (χ2v) is 13.9. The molecule has 0 aliphatic carbocycles. The zero-order valence-corrected chi connectivity index (χ0v) is 30.5. The van der Waals surface area contributed by atoms with Crippen molar-refractivity contribution in [3.05, 3.63) is 88.7 Å². The molecule has 7 aromatic rings. The van der Waals surface area contributed by atoms with Crippen LogP contribution in [0.5, 0.6) is 0 Å². The Labute approximate surface area is 325 Å². The Kier molecular flexibility index (Phi) is 8.21. The molecular weight excluding hydrogens is 844 g/mol. The quantitative estimate of drug-likeness (QED) is 0.139. The summed E-state index contributed by atoms with van der Waals surface area (Å²) in [5, 5.41) is 4.73. The summed E-state index contributed by atoms with van der Waals surface area (Å²) in [5.41, 5.74) is 2.78. The molecule has 0 saturated heterocycles. The topological polar surface area (TPSA) is 106 Å². The molecule has 2 aliphatic heterocycles. The number of nitrogens with zero attached hydrogens (tertiary/aromatic N) is 8. The molecule has 9 rings (SSSR count). The van der Waals surface area contributed by atoms with Crippen LogP contribution in [0.3, 0.4) is 0 Å². The van der Waals surface area contributed by atoms with Crippen LogP contribution in [0.25, 0.3) is 89.7 Å². The van der Waals surface area contributed by atoms with E-state index in [0.29, 0.717) is 84.0 Å². The van der Waals surface area contributed by atoms with E-state index in [1.54, 1.807) is 48.5 Å². The van der Waals surface area contributed by atoms with Gasteiger partial charge in [0, 0.05) is 44.8 Å². The van der Waals surface area contributed by atoms with Crippen molar-refractivity contribution < 1.29 is 17.1 Å². The third-order valence-electron chi connectivity index (χ3n) is 7.88. The van der Waals surface area contributed by atoms with Crippen LogP contribution in [0.15, 0.2) is 48.5 Å². The molecule has 0 amide bonds. The predicted molar refractivity (Wildman–Crippen MR) is 194 cm³/mol. The van der Waals surface area contributed by atoms with E-state index in [0.717, 1.165) is 0 Å². The summed E-state index contributed by atoms with van der Waals surface area (Å²) in [5.74, 6) is 0.819. The molecular formula is C32H8Cl8CuN8. The maximum absolute atomic E-state index is 6.74. The first-order chi connectivity index (χ1) is 23.0. The van der Waals surface area contributed by atoms with Crippen molar-refractivity contribution >= 4 is 137 Å². The Morgan fingerprint density at radius 1 is 0.327 bits per heavy atom. The van der Waals surface area contributed by atoms with Gasteiger partial charge in [0.1, 0.15) is 0 Å². The van der Waals surface area contributed by atoms with Crippen molar-refractivity contribution in [2.75, 3.05) is 0 Å². The van der Waals surface area contributed by atoms with Gasteiger partial charge in [-0.3, -0.25) is 0 Å². The van der Waals surface area contributed by atoms with Gasteiger partial charge in [-0.05, 0) is 70.1 Å². The van der Waals surface area contributed by atoms with Gasteiger partial charge < -0.3 is 29.9 Å². The number of rotatable bonds is 0. The average molecular weight is 852 g/mol. The third kappa shape index (κ3) is 5.18. The Balaban J connectivity index is 0.00000348. The molecule has 8 bridgehead atoms. The van der Waals surface area contributed by atoms with Gasteiger partial charge in [-0.25, -0.2) is 9.97 Å². The molecule has 5 heterocycles. The fourth-order valence-corrected chi connectivity index (χ4v) is 7.37. The summed E-state index contributed by atoms with van der Waals surface area (Å²) in [6, 6.07) is 13.2. The molecule has 0 saturated carbocycles. The number of halogens is 8. The second kappa shape index (κ2) is 12.1. The molecule has 49 heavy (non-hydrogen) atoms. The third-order valence-corrected chi connectivity index (χ3v) is 10.6. The van der Waals surface area contributed by atoms with E-state index in [4.69, 9.17) is 133 Å². The molecule has 4 aromatic carbocycles. The summed E-state index contributed by atoms with van der Waals surface area (Å²) < 4.78 is 0. The zero-order valence-electron chi connectivity index (χ0n) is 23.5. The Hall–Kier alpha value is -2.92. The van der Waals surface area contributed by atoms with Crippen molar-refractivity contribution in [3.8, 4) is 45.6 Å². The molecule has 2 aliphatic rings. The first kappa shape index (κ1) is 33.2. The molecule has 3 aromatic heterocycles. The van der Waals surface area contributed by atoms with Crippen LogP contribution in [-0.2, 0) is 17.1 Å². The summed E-state index contributed by atoms with van der Waals surface area (Å²) in [6.07, 6.45) is 0. The van der Waals surface area contributed by atoms with E-state index in [1.807, 2.05) is 0 Å². The molecule has 0 spiro atoms. The van der Waals surface area contributed by atoms with Crippen LogP contribution in [0.2, 0.25) is 40.2 Å². The van der Waals surface area contributed by atoms with Crippen LogP contribution in [-0.4, -0.2) is 29.9 Å². The summed E-state index contributed by atoms with van der Waals surface area (Å²) >= 11 is 52.8. The molecule has 1 radical (unpaired) electrons. The van der Waals surface area contributed by atoms with Crippen LogP contribution < -0.4 is 9.97 Å². The van der Waals surface area contributed by atoms with Gasteiger partial charge in [-0.15, -0.1) is 0 Å². The van der Waals surface area contributed by atoms with Gasteiger partial charge in [0.25, 0.3) is 0 Å². The smallest absolute Gasteiger partial charge is 0.357 e. The van der Waals surface area contributed by atoms with Gasteiger partial charge >= 0.3 is 17.1 Å². The van der Waals surface area contributed by atoms with Gasteiger partial charge in [-0.1, -0.05) is 92.8 Å². The monoisotopic (exact) mass is 847 g/mol. The normalized spacial score (nSPS) is 11.9. The van der Waals surface area contributed by atoms with Crippen LogP contribution in [0.1, 0.15) is 0 Å². The van der Waals surface area contributed by atoms with E-state index in [2.05, 4.69) is 0 Å². The molecule has 0 N–H and O–H groups in total.